The van der Waals surface area contributed by atoms with Gasteiger partial charge in [0.05, 0.1) is 0 Å². The number of aryl methyl sites for hydroxylation is 1. The Kier molecular flexibility index (Phi) is 5.41. The van der Waals surface area contributed by atoms with E-state index in [9.17, 15) is 4.79 Å². The van der Waals surface area contributed by atoms with Crippen molar-refractivity contribution in [3.05, 3.63) is 17.8 Å². The maximum absolute atomic E-state index is 11.6. The number of nitrogens with one attached hydrogen (secondary N) is 3. The third-order valence-corrected chi connectivity index (χ3v) is 2.31. The average molecular weight is 256 g/mol. The van der Waals surface area contributed by atoms with Gasteiger partial charge in [0.1, 0.15) is 5.76 Å². The minimum atomic E-state index is -0.379. The Balaban J connectivity index is 2.29. The summed E-state index contributed by atoms with van der Waals surface area (Å²) in [5.41, 5.74) is 5.28. The van der Waals surface area contributed by atoms with Crippen molar-refractivity contribution in [2.75, 3.05) is 6.54 Å². The van der Waals surface area contributed by atoms with Crippen molar-refractivity contribution in [3.8, 4) is 0 Å². The number of carbonyl (C=O) groups excluding carboxylic acids is 1. The van der Waals surface area contributed by atoms with E-state index in [2.05, 4.69) is 28.1 Å². The van der Waals surface area contributed by atoms with Gasteiger partial charge in [0.15, 0.2) is 17.2 Å². The topological polar surface area (TPSA) is 79.2 Å². The molecule has 1 rings (SSSR count). The monoisotopic (exact) mass is 256 g/mol. The molecule has 0 radical (unpaired) electrons. The van der Waals surface area contributed by atoms with Gasteiger partial charge in [0.2, 0.25) is 0 Å². The Morgan fingerprint density at radius 2 is 2.29 bits per heavy atom. The largest absolute Gasteiger partial charge is 0.448 e. The number of oxazole rings is 1. The Hall–Kier alpha value is -1.63. The van der Waals surface area contributed by atoms with Gasteiger partial charge in [-0.3, -0.25) is 15.6 Å². The van der Waals surface area contributed by atoms with Crippen molar-refractivity contribution < 1.29 is 9.21 Å². The lowest BCUT2D eigenvalue weighted by Crippen LogP contribution is -2.47. The van der Waals surface area contributed by atoms with E-state index in [1.54, 1.807) is 6.92 Å². The first-order chi connectivity index (χ1) is 8.15. The maximum atomic E-state index is 11.6. The van der Waals surface area contributed by atoms with Gasteiger partial charge in [-0.25, -0.2) is 4.98 Å². The Labute approximate surface area is 105 Å². The predicted molar refractivity (Wildman–Crippen MR) is 67.4 cm³/mol. The maximum Gasteiger partial charge on any atom is 0.291 e. The van der Waals surface area contributed by atoms with Crippen molar-refractivity contribution in [2.24, 2.45) is 0 Å². The number of unbranched alkanes of at least 4 members (excludes halogenated alkanes) is 1. The highest BCUT2D eigenvalue weighted by Crippen LogP contribution is 2.02. The molecule has 0 aliphatic heterocycles. The fraction of sp³-hybridized carbons (Fsp3) is 0.500. The van der Waals surface area contributed by atoms with Crippen LogP contribution in [0.1, 0.15) is 36.0 Å². The van der Waals surface area contributed by atoms with E-state index in [0.29, 0.717) is 10.9 Å². The minimum absolute atomic E-state index is 0.244. The minimum Gasteiger partial charge on any atom is -0.448 e. The SMILES string of the molecule is CCCCNC(=S)NNC(=O)c1ncoc1C. The Morgan fingerprint density at radius 3 is 2.88 bits per heavy atom. The van der Waals surface area contributed by atoms with E-state index in [0.717, 1.165) is 19.4 Å². The number of hydrazine groups is 1. The summed E-state index contributed by atoms with van der Waals surface area (Å²) in [6.45, 7) is 4.54. The van der Waals surface area contributed by atoms with E-state index in [-0.39, 0.29) is 11.6 Å². The molecular weight excluding hydrogens is 240 g/mol. The molecule has 0 atom stereocenters. The summed E-state index contributed by atoms with van der Waals surface area (Å²) in [5.74, 6) is 0.0880. The average Bonchev–Trinajstić information content (AvgIpc) is 2.73. The molecule has 0 saturated heterocycles. The zero-order chi connectivity index (χ0) is 12.7. The molecule has 94 valence electrons. The number of carbonyl (C=O) groups is 1. The molecule has 0 unspecified atom stereocenters. The fourth-order valence-corrected chi connectivity index (χ4v) is 1.27. The molecule has 3 N–H and O–H groups in total. The molecule has 17 heavy (non-hydrogen) atoms. The van der Waals surface area contributed by atoms with Gasteiger partial charge < -0.3 is 9.73 Å². The van der Waals surface area contributed by atoms with Crippen molar-refractivity contribution in [1.29, 1.82) is 0 Å². The summed E-state index contributed by atoms with van der Waals surface area (Å²) >= 11 is 4.97. The first kappa shape index (κ1) is 13.4. The molecule has 0 aromatic carbocycles. The Morgan fingerprint density at radius 1 is 1.53 bits per heavy atom. The molecule has 1 aromatic rings. The highest BCUT2D eigenvalue weighted by molar-refractivity contribution is 7.80. The van der Waals surface area contributed by atoms with Crippen molar-refractivity contribution in [3.63, 3.8) is 0 Å². The highest BCUT2D eigenvalue weighted by atomic mass is 32.1. The van der Waals surface area contributed by atoms with Gasteiger partial charge >= 0.3 is 0 Å². The van der Waals surface area contributed by atoms with Crippen LogP contribution in [0.5, 0.6) is 0 Å². The molecule has 1 amide bonds. The number of thiocarbonyl (C=S) groups is 1. The van der Waals surface area contributed by atoms with E-state index in [4.69, 9.17) is 16.6 Å². The predicted octanol–water partition coefficient (Wildman–Crippen LogP) is 0.892. The molecule has 0 fully saturated rings. The van der Waals surface area contributed by atoms with Gasteiger partial charge in [-0.15, -0.1) is 0 Å². The van der Waals surface area contributed by atoms with Crippen LogP contribution in [-0.2, 0) is 0 Å². The molecule has 1 heterocycles. The first-order valence-corrected chi connectivity index (χ1v) is 5.80. The summed E-state index contributed by atoms with van der Waals surface area (Å²) in [6, 6.07) is 0. The fourth-order valence-electron chi connectivity index (χ4n) is 1.12. The molecule has 0 aliphatic carbocycles. The van der Waals surface area contributed by atoms with E-state index >= 15 is 0 Å². The molecule has 0 saturated carbocycles. The highest BCUT2D eigenvalue weighted by Gasteiger charge is 2.12. The zero-order valence-corrected chi connectivity index (χ0v) is 10.7. The lowest BCUT2D eigenvalue weighted by Gasteiger charge is -2.10. The summed E-state index contributed by atoms with van der Waals surface area (Å²) in [6.07, 6.45) is 3.33. The smallest absolute Gasteiger partial charge is 0.291 e. The van der Waals surface area contributed by atoms with Crippen LogP contribution in [0.25, 0.3) is 0 Å². The van der Waals surface area contributed by atoms with Crippen molar-refractivity contribution in [2.45, 2.75) is 26.7 Å². The number of rotatable bonds is 4. The summed E-state index contributed by atoms with van der Waals surface area (Å²) < 4.78 is 4.92. The van der Waals surface area contributed by atoms with Crippen LogP contribution in [0, 0.1) is 6.92 Å². The van der Waals surface area contributed by atoms with Crippen LogP contribution in [0.2, 0.25) is 0 Å². The molecule has 0 bridgehead atoms. The van der Waals surface area contributed by atoms with Crippen LogP contribution in [0.15, 0.2) is 10.8 Å². The molecule has 6 nitrogen and oxygen atoms in total. The van der Waals surface area contributed by atoms with Crippen LogP contribution in [0.4, 0.5) is 0 Å². The lowest BCUT2D eigenvalue weighted by molar-refractivity contribution is 0.0938. The molecule has 0 spiro atoms. The Bertz CT molecular complexity index is 391. The molecular formula is C10H16N4O2S. The van der Waals surface area contributed by atoms with E-state index in [1.807, 2.05) is 0 Å². The summed E-state index contributed by atoms with van der Waals surface area (Å²) in [4.78, 5) is 15.4. The third-order valence-electron chi connectivity index (χ3n) is 2.07. The number of hydrogen-bond donors (Lipinski definition) is 3. The zero-order valence-electron chi connectivity index (χ0n) is 9.87. The molecule has 0 aliphatic rings. The third kappa shape index (κ3) is 4.39. The van der Waals surface area contributed by atoms with Crippen LogP contribution >= 0.6 is 12.2 Å². The standard InChI is InChI=1S/C10H16N4O2S/c1-3-4-5-11-10(17)14-13-9(15)8-7(2)16-6-12-8/h6H,3-5H2,1-2H3,(H,13,15)(H2,11,14,17). The number of aromatic nitrogens is 1. The normalized spacial score (nSPS) is 9.76. The van der Waals surface area contributed by atoms with Crippen LogP contribution in [-0.4, -0.2) is 22.5 Å². The molecule has 1 aromatic heterocycles. The second-order valence-corrected chi connectivity index (χ2v) is 3.85. The quantitative estimate of drug-likeness (QED) is 0.422. The number of amides is 1. The van der Waals surface area contributed by atoms with E-state index < -0.39 is 0 Å². The molecule has 7 heteroatoms. The van der Waals surface area contributed by atoms with Gasteiger partial charge in [-0.2, -0.15) is 0 Å². The summed E-state index contributed by atoms with van der Waals surface area (Å²) in [5, 5.41) is 3.34. The second kappa shape index (κ2) is 6.85. The number of hydrogen-bond acceptors (Lipinski definition) is 4. The van der Waals surface area contributed by atoms with Crippen LogP contribution in [0.3, 0.4) is 0 Å². The van der Waals surface area contributed by atoms with Crippen molar-refractivity contribution >= 4 is 23.2 Å². The van der Waals surface area contributed by atoms with Gasteiger partial charge in [-0.05, 0) is 25.6 Å². The van der Waals surface area contributed by atoms with Gasteiger partial charge in [-0.1, -0.05) is 13.3 Å². The van der Waals surface area contributed by atoms with Crippen molar-refractivity contribution in [1.82, 2.24) is 21.2 Å². The van der Waals surface area contributed by atoms with E-state index in [1.165, 1.54) is 6.39 Å². The first-order valence-electron chi connectivity index (χ1n) is 5.39. The van der Waals surface area contributed by atoms with Crippen LogP contribution < -0.4 is 16.2 Å². The van der Waals surface area contributed by atoms with Gasteiger partial charge in [0, 0.05) is 6.54 Å². The lowest BCUT2D eigenvalue weighted by atomic mass is 10.3. The van der Waals surface area contributed by atoms with Gasteiger partial charge in [0.25, 0.3) is 5.91 Å². The second-order valence-electron chi connectivity index (χ2n) is 3.45. The summed E-state index contributed by atoms with van der Waals surface area (Å²) in [7, 11) is 0. The number of nitrogens with zero attached hydrogens (tertiary/aromatic N) is 1.